The van der Waals surface area contributed by atoms with E-state index in [1.165, 1.54) is 11.3 Å². The second-order valence-electron chi connectivity index (χ2n) is 5.14. The van der Waals surface area contributed by atoms with Gasteiger partial charge in [-0.1, -0.05) is 20.8 Å². The van der Waals surface area contributed by atoms with E-state index in [1.54, 1.807) is 0 Å². The van der Waals surface area contributed by atoms with Gasteiger partial charge in [0.2, 0.25) is 0 Å². The van der Waals surface area contributed by atoms with Gasteiger partial charge in [0, 0.05) is 11.1 Å². The van der Waals surface area contributed by atoms with Crippen LogP contribution in [-0.4, -0.2) is 14.6 Å². The first-order valence-electron chi connectivity index (χ1n) is 5.22. The van der Waals surface area contributed by atoms with E-state index >= 15 is 0 Å². The highest BCUT2D eigenvalue weighted by atomic mass is 15.3. The highest BCUT2D eigenvalue weighted by Gasteiger charge is 2.21. The number of hydrogen-bond acceptors (Lipinski definition) is 2. The molecule has 2 aromatic rings. The van der Waals surface area contributed by atoms with Gasteiger partial charge in [0.05, 0.1) is 0 Å². The number of aryl methyl sites for hydroxylation is 2. The molecule has 80 valence electrons. The summed E-state index contributed by atoms with van der Waals surface area (Å²) >= 11 is 0. The van der Waals surface area contributed by atoms with Crippen LogP contribution in [0.3, 0.4) is 0 Å². The Morgan fingerprint density at radius 2 is 1.73 bits per heavy atom. The minimum atomic E-state index is 0.0272. The van der Waals surface area contributed by atoms with Crippen molar-refractivity contribution in [2.24, 2.45) is 0 Å². The molecule has 3 nitrogen and oxygen atoms in total. The zero-order chi connectivity index (χ0) is 11.2. The van der Waals surface area contributed by atoms with E-state index in [9.17, 15) is 0 Å². The van der Waals surface area contributed by atoms with Crippen molar-refractivity contribution in [3.8, 4) is 0 Å². The molecular formula is C12H17N3. The molecule has 0 saturated heterocycles. The summed E-state index contributed by atoms with van der Waals surface area (Å²) in [5.74, 6) is 1.02. The maximum absolute atomic E-state index is 4.28. The fourth-order valence-electron chi connectivity index (χ4n) is 1.86. The van der Waals surface area contributed by atoms with Crippen molar-refractivity contribution in [1.29, 1.82) is 0 Å². The van der Waals surface area contributed by atoms with Gasteiger partial charge in [0.1, 0.15) is 5.82 Å². The number of rotatable bonds is 0. The van der Waals surface area contributed by atoms with E-state index in [0.29, 0.717) is 0 Å². The summed E-state index contributed by atoms with van der Waals surface area (Å²) in [6.07, 6.45) is 0. The van der Waals surface area contributed by atoms with Crippen molar-refractivity contribution in [1.82, 2.24) is 14.6 Å². The fraction of sp³-hybridized carbons (Fsp3) is 0.500. The first-order valence-corrected chi connectivity index (χ1v) is 5.22. The third-order valence-electron chi connectivity index (χ3n) is 2.50. The fourth-order valence-corrected chi connectivity index (χ4v) is 1.86. The van der Waals surface area contributed by atoms with Crippen LogP contribution in [0.15, 0.2) is 12.1 Å². The Morgan fingerprint density at radius 1 is 1.07 bits per heavy atom. The molecule has 0 radical (unpaired) electrons. The Kier molecular flexibility index (Phi) is 2.07. The quantitative estimate of drug-likeness (QED) is 0.659. The van der Waals surface area contributed by atoms with Gasteiger partial charge in [-0.25, -0.2) is 0 Å². The first-order chi connectivity index (χ1) is 6.89. The molecule has 2 heterocycles. The summed E-state index contributed by atoms with van der Waals surface area (Å²) in [4.78, 5) is 0. The molecule has 0 spiro atoms. The molecule has 0 aromatic carbocycles. The van der Waals surface area contributed by atoms with Gasteiger partial charge in [0.25, 0.3) is 0 Å². The van der Waals surface area contributed by atoms with Crippen molar-refractivity contribution in [3.05, 3.63) is 29.2 Å². The van der Waals surface area contributed by atoms with Gasteiger partial charge in [-0.05, 0) is 31.5 Å². The zero-order valence-corrected chi connectivity index (χ0v) is 10.00. The monoisotopic (exact) mass is 203 g/mol. The van der Waals surface area contributed by atoms with Crippen LogP contribution < -0.4 is 0 Å². The molecule has 0 saturated carbocycles. The van der Waals surface area contributed by atoms with Gasteiger partial charge >= 0.3 is 0 Å². The summed E-state index contributed by atoms with van der Waals surface area (Å²) in [6, 6.07) is 4.22. The van der Waals surface area contributed by atoms with Crippen LogP contribution in [0.2, 0.25) is 0 Å². The third-order valence-corrected chi connectivity index (χ3v) is 2.50. The van der Waals surface area contributed by atoms with Gasteiger partial charge in [-0.3, -0.25) is 4.40 Å². The predicted molar refractivity (Wildman–Crippen MR) is 61.2 cm³/mol. The zero-order valence-electron chi connectivity index (χ0n) is 10.00. The number of fused-ring (bicyclic) bond motifs is 1. The summed E-state index contributed by atoms with van der Waals surface area (Å²) in [7, 11) is 0. The summed E-state index contributed by atoms with van der Waals surface area (Å²) in [5, 5.41) is 8.50. The molecule has 3 heteroatoms. The molecule has 0 aliphatic carbocycles. The number of nitrogens with zero attached hydrogens (tertiary/aromatic N) is 3. The predicted octanol–water partition coefficient (Wildman–Crippen LogP) is 2.64. The SMILES string of the molecule is Cc1cc(C)n2c(C(C)(C)C)nnc2c1. The topological polar surface area (TPSA) is 30.2 Å². The lowest BCUT2D eigenvalue weighted by atomic mass is 9.95. The second kappa shape index (κ2) is 3.05. The molecule has 0 unspecified atom stereocenters. The molecular weight excluding hydrogens is 186 g/mol. The van der Waals surface area contributed by atoms with E-state index in [1.807, 2.05) is 0 Å². The van der Waals surface area contributed by atoms with E-state index in [4.69, 9.17) is 0 Å². The van der Waals surface area contributed by atoms with E-state index in [0.717, 1.165) is 11.5 Å². The average Bonchev–Trinajstić information content (AvgIpc) is 2.45. The summed E-state index contributed by atoms with van der Waals surface area (Å²) < 4.78 is 2.13. The number of hydrogen-bond donors (Lipinski definition) is 0. The highest BCUT2D eigenvalue weighted by molar-refractivity contribution is 5.44. The van der Waals surface area contributed by atoms with Crippen molar-refractivity contribution < 1.29 is 0 Å². The molecule has 0 aliphatic heterocycles. The largest absolute Gasteiger partial charge is 0.283 e. The van der Waals surface area contributed by atoms with E-state index in [-0.39, 0.29) is 5.41 Å². The Hall–Kier alpha value is -1.38. The maximum atomic E-state index is 4.28. The van der Waals surface area contributed by atoms with Crippen molar-refractivity contribution in [3.63, 3.8) is 0 Å². The van der Waals surface area contributed by atoms with Crippen molar-refractivity contribution in [2.75, 3.05) is 0 Å². The molecule has 0 N–H and O–H groups in total. The van der Waals surface area contributed by atoms with Crippen LogP contribution >= 0.6 is 0 Å². The normalized spacial score (nSPS) is 12.3. The van der Waals surface area contributed by atoms with Crippen LogP contribution in [0.25, 0.3) is 5.65 Å². The summed E-state index contributed by atoms with van der Waals surface area (Å²) in [6.45, 7) is 10.6. The minimum Gasteiger partial charge on any atom is -0.283 e. The van der Waals surface area contributed by atoms with Crippen LogP contribution in [0.1, 0.15) is 37.9 Å². The lowest BCUT2D eigenvalue weighted by Crippen LogP contribution is -2.16. The Bertz CT molecular complexity index is 503. The molecule has 0 bridgehead atoms. The molecule has 0 atom stereocenters. The molecule has 0 aliphatic rings. The molecule has 2 rings (SSSR count). The van der Waals surface area contributed by atoms with Crippen LogP contribution in [0, 0.1) is 13.8 Å². The molecule has 15 heavy (non-hydrogen) atoms. The lowest BCUT2D eigenvalue weighted by Gasteiger charge is -2.17. The molecule has 2 aromatic heterocycles. The standard InChI is InChI=1S/C12H17N3/c1-8-6-9(2)15-10(7-8)13-14-11(15)12(3,4)5/h6-7H,1-5H3. The van der Waals surface area contributed by atoms with E-state index in [2.05, 4.69) is 61.3 Å². The second-order valence-corrected chi connectivity index (χ2v) is 5.14. The van der Waals surface area contributed by atoms with Gasteiger partial charge in [-0.2, -0.15) is 0 Å². The Labute approximate surface area is 90.1 Å². The van der Waals surface area contributed by atoms with Gasteiger partial charge in [-0.15, -0.1) is 10.2 Å². The van der Waals surface area contributed by atoms with Gasteiger partial charge in [0.15, 0.2) is 5.65 Å². The molecule has 0 fully saturated rings. The maximum Gasteiger partial charge on any atom is 0.161 e. The first kappa shape index (κ1) is 10.1. The minimum absolute atomic E-state index is 0.0272. The van der Waals surface area contributed by atoms with Gasteiger partial charge < -0.3 is 0 Å². The number of pyridine rings is 1. The average molecular weight is 203 g/mol. The van der Waals surface area contributed by atoms with Crippen LogP contribution in [0.4, 0.5) is 0 Å². The lowest BCUT2D eigenvalue weighted by molar-refractivity contribution is 0.536. The number of aromatic nitrogens is 3. The van der Waals surface area contributed by atoms with Crippen molar-refractivity contribution in [2.45, 2.75) is 40.0 Å². The van der Waals surface area contributed by atoms with Crippen LogP contribution in [0.5, 0.6) is 0 Å². The Morgan fingerprint density at radius 3 is 2.33 bits per heavy atom. The molecule has 0 amide bonds. The smallest absolute Gasteiger partial charge is 0.161 e. The van der Waals surface area contributed by atoms with Crippen molar-refractivity contribution >= 4 is 5.65 Å². The van der Waals surface area contributed by atoms with E-state index < -0.39 is 0 Å². The highest BCUT2D eigenvalue weighted by Crippen LogP contribution is 2.22. The Balaban J connectivity index is 2.81. The summed E-state index contributed by atoms with van der Waals surface area (Å²) in [5.41, 5.74) is 3.39. The van der Waals surface area contributed by atoms with Crippen LogP contribution in [-0.2, 0) is 5.41 Å². The third kappa shape index (κ3) is 1.62.